The Labute approximate surface area is 263 Å². The number of carbonyl (C=O) groups excluding carboxylic acids is 2. The number of nitro groups is 1. The van der Waals surface area contributed by atoms with Crippen LogP contribution in [0.3, 0.4) is 0 Å². The van der Waals surface area contributed by atoms with E-state index in [1.54, 1.807) is 31.2 Å². The Morgan fingerprint density at radius 3 is 2.30 bits per heavy atom. The fourth-order valence-corrected chi connectivity index (χ4v) is 6.20. The molecule has 44 heavy (non-hydrogen) atoms. The van der Waals surface area contributed by atoms with Gasteiger partial charge in [0.1, 0.15) is 18.3 Å². The summed E-state index contributed by atoms with van der Waals surface area (Å²) in [5.74, 6) is -0.982. The lowest BCUT2D eigenvalue weighted by Crippen LogP contribution is -2.55. The predicted octanol–water partition coefficient (Wildman–Crippen LogP) is 5.48. The average Bonchev–Trinajstić information content (AvgIpc) is 2.95. The van der Waals surface area contributed by atoms with Crippen molar-refractivity contribution in [3.63, 3.8) is 0 Å². The van der Waals surface area contributed by atoms with Crippen LogP contribution < -0.4 is 14.4 Å². The monoisotopic (exact) mass is 644 g/mol. The highest BCUT2D eigenvalue weighted by molar-refractivity contribution is 7.92. The summed E-state index contributed by atoms with van der Waals surface area (Å²) < 4.78 is 34.7. The minimum atomic E-state index is -4.62. The van der Waals surface area contributed by atoms with E-state index in [2.05, 4.69) is 5.32 Å². The van der Waals surface area contributed by atoms with Gasteiger partial charge >= 0.3 is 0 Å². The first kappa shape index (κ1) is 34.3. The van der Waals surface area contributed by atoms with Crippen molar-refractivity contribution in [2.45, 2.75) is 64.1 Å². The van der Waals surface area contributed by atoms with Crippen LogP contribution in [0.4, 0.5) is 11.4 Å². The number of nitrogens with zero attached hydrogens (tertiary/aromatic N) is 3. The Bertz CT molecular complexity index is 1630. The highest BCUT2D eigenvalue weighted by Crippen LogP contribution is 2.36. The molecule has 0 spiro atoms. The maximum Gasteiger partial charge on any atom is 0.273 e. The van der Waals surface area contributed by atoms with Crippen LogP contribution in [0.5, 0.6) is 5.75 Å². The zero-order valence-corrected chi connectivity index (χ0v) is 27.1. The number of halogens is 1. The molecule has 0 aromatic heterocycles. The number of methoxy groups -OCH3 is 1. The molecule has 13 heteroatoms. The van der Waals surface area contributed by atoms with Gasteiger partial charge in [0.25, 0.3) is 15.7 Å². The Morgan fingerprint density at radius 1 is 1.07 bits per heavy atom. The molecule has 1 atom stereocenters. The molecule has 0 heterocycles. The largest absolute Gasteiger partial charge is 0.495 e. The third-order valence-electron chi connectivity index (χ3n) is 6.73. The van der Waals surface area contributed by atoms with E-state index in [4.69, 9.17) is 16.3 Å². The first-order chi connectivity index (χ1) is 20.6. The first-order valence-corrected chi connectivity index (χ1v) is 15.7. The SMILES string of the molecule is CC[C@H](C(=O)NC(C)(C)C)N(Cc1ccccc1)C(=O)CN(c1cc(Cl)ccc1OC)S(=O)(=O)c1ccc(C)c([N+](=O)[O-])c1. The van der Waals surface area contributed by atoms with Crippen molar-refractivity contribution < 1.29 is 27.7 Å². The molecule has 0 aliphatic rings. The van der Waals surface area contributed by atoms with Crippen molar-refractivity contribution in [3.8, 4) is 5.75 Å². The van der Waals surface area contributed by atoms with Gasteiger partial charge < -0.3 is 15.0 Å². The summed E-state index contributed by atoms with van der Waals surface area (Å²) in [4.78, 5) is 39.6. The molecular formula is C31H37ClN4O7S. The van der Waals surface area contributed by atoms with Gasteiger partial charge in [-0.15, -0.1) is 0 Å². The normalized spacial score (nSPS) is 12.2. The quantitative estimate of drug-likeness (QED) is 0.203. The van der Waals surface area contributed by atoms with Crippen LogP contribution in [0.15, 0.2) is 71.6 Å². The molecule has 3 aromatic carbocycles. The molecule has 3 rings (SSSR count). The van der Waals surface area contributed by atoms with Crippen LogP contribution in [-0.2, 0) is 26.2 Å². The lowest BCUT2D eigenvalue weighted by molar-refractivity contribution is -0.385. The van der Waals surface area contributed by atoms with Crippen LogP contribution in [0.1, 0.15) is 45.2 Å². The minimum Gasteiger partial charge on any atom is -0.495 e. The molecule has 0 saturated carbocycles. The number of ether oxygens (including phenoxy) is 1. The lowest BCUT2D eigenvalue weighted by Gasteiger charge is -2.35. The van der Waals surface area contributed by atoms with Gasteiger partial charge in [-0.05, 0) is 63.9 Å². The number of rotatable bonds is 12. The Balaban J connectivity index is 2.19. The van der Waals surface area contributed by atoms with E-state index in [1.165, 1.54) is 49.3 Å². The standard InChI is InChI=1S/C31H37ClN4O7S/c1-7-25(30(38)33-31(3,4)5)34(19-22-11-9-8-10-12-22)29(37)20-35(27-17-23(32)14-16-28(27)43-6)44(41,42)24-15-13-21(2)26(18-24)36(39)40/h8-18,25H,7,19-20H2,1-6H3,(H,33,38)/t25-/m1/s1. The van der Waals surface area contributed by atoms with E-state index >= 15 is 0 Å². The van der Waals surface area contributed by atoms with Crippen molar-refractivity contribution in [1.82, 2.24) is 10.2 Å². The molecule has 1 N–H and O–H groups in total. The fraction of sp³-hybridized carbons (Fsp3) is 0.355. The number of amides is 2. The molecule has 0 unspecified atom stereocenters. The van der Waals surface area contributed by atoms with Gasteiger partial charge in [0, 0.05) is 28.7 Å². The maximum atomic E-state index is 14.3. The summed E-state index contributed by atoms with van der Waals surface area (Å²) in [7, 11) is -3.28. The van der Waals surface area contributed by atoms with Crippen molar-refractivity contribution in [2.75, 3.05) is 18.0 Å². The van der Waals surface area contributed by atoms with Crippen molar-refractivity contribution >= 4 is 44.8 Å². The first-order valence-electron chi connectivity index (χ1n) is 13.9. The molecule has 2 amide bonds. The second kappa shape index (κ2) is 14.1. The van der Waals surface area contributed by atoms with E-state index < -0.39 is 55.5 Å². The van der Waals surface area contributed by atoms with E-state index in [-0.39, 0.29) is 35.0 Å². The van der Waals surface area contributed by atoms with Crippen LogP contribution >= 0.6 is 11.6 Å². The topological polar surface area (TPSA) is 139 Å². The Morgan fingerprint density at radius 2 is 1.73 bits per heavy atom. The van der Waals surface area contributed by atoms with E-state index in [0.29, 0.717) is 0 Å². The molecule has 0 saturated heterocycles. The third kappa shape index (κ3) is 8.26. The summed E-state index contributed by atoms with van der Waals surface area (Å²) in [5, 5.41) is 14.7. The summed E-state index contributed by atoms with van der Waals surface area (Å²) in [6.07, 6.45) is 0.248. The number of nitrogens with one attached hydrogen (secondary N) is 1. The van der Waals surface area contributed by atoms with Gasteiger partial charge in [-0.2, -0.15) is 0 Å². The van der Waals surface area contributed by atoms with Gasteiger partial charge in [0.2, 0.25) is 11.8 Å². The highest BCUT2D eigenvalue weighted by Gasteiger charge is 2.36. The smallest absolute Gasteiger partial charge is 0.273 e. The van der Waals surface area contributed by atoms with Crippen LogP contribution in [0.2, 0.25) is 5.02 Å². The Kier molecular flexibility index (Phi) is 11.0. The van der Waals surface area contributed by atoms with Crippen LogP contribution in [0, 0.1) is 17.0 Å². The van der Waals surface area contributed by atoms with Gasteiger partial charge in [-0.3, -0.25) is 24.0 Å². The molecule has 0 aliphatic carbocycles. The number of carbonyl (C=O) groups is 2. The molecule has 0 fully saturated rings. The van der Waals surface area contributed by atoms with E-state index in [0.717, 1.165) is 15.9 Å². The third-order valence-corrected chi connectivity index (χ3v) is 8.72. The maximum absolute atomic E-state index is 14.3. The zero-order valence-electron chi connectivity index (χ0n) is 25.5. The molecular weight excluding hydrogens is 608 g/mol. The summed E-state index contributed by atoms with van der Waals surface area (Å²) >= 11 is 6.27. The van der Waals surface area contributed by atoms with Gasteiger partial charge in [-0.25, -0.2) is 8.42 Å². The number of hydrogen-bond acceptors (Lipinski definition) is 7. The molecule has 3 aromatic rings. The fourth-order valence-electron chi connectivity index (χ4n) is 4.60. The average molecular weight is 645 g/mol. The summed E-state index contributed by atoms with van der Waals surface area (Å²) in [6, 6.07) is 15.9. The van der Waals surface area contributed by atoms with Gasteiger partial charge in [-0.1, -0.05) is 54.9 Å². The molecule has 0 radical (unpaired) electrons. The van der Waals surface area contributed by atoms with Crippen LogP contribution in [-0.4, -0.2) is 55.3 Å². The van der Waals surface area contributed by atoms with Gasteiger partial charge in [0.15, 0.2) is 0 Å². The van der Waals surface area contributed by atoms with E-state index in [1.807, 2.05) is 26.8 Å². The summed E-state index contributed by atoms with van der Waals surface area (Å²) in [6.45, 7) is 7.98. The zero-order chi connectivity index (χ0) is 32.8. The van der Waals surface area contributed by atoms with Gasteiger partial charge in [0.05, 0.1) is 22.6 Å². The number of benzene rings is 3. The molecule has 236 valence electrons. The van der Waals surface area contributed by atoms with Crippen molar-refractivity contribution in [2.24, 2.45) is 0 Å². The molecule has 0 aliphatic heterocycles. The Hall–Kier alpha value is -4.16. The van der Waals surface area contributed by atoms with Crippen molar-refractivity contribution in [3.05, 3.63) is 93.0 Å². The molecule has 11 nitrogen and oxygen atoms in total. The second-order valence-electron chi connectivity index (χ2n) is 11.2. The second-order valence-corrected chi connectivity index (χ2v) is 13.5. The number of hydrogen-bond donors (Lipinski definition) is 1. The van der Waals surface area contributed by atoms with Crippen molar-refractivity contribution in [1.29, 1.82) is 0 Å². The molecule has 0 bridgehead atoms. The number of anilines is 1. The minimum absolute atomic E-state index is 0.0202. The number of sulfonamides is 1. The number of aryl methyl sites for hydroxylation is 1. The lowest BCUT2D eigenvalue weighted by atomic mass is 10.1. The number of nitro benzene ring substituents is 1. The van der Waals surface area contributed by atoms with E-state index in [9.17, 15) is 28.1 Å². The highest BCUT2D eigenvalue weighted by atomic mass is 35.5. The predicted molar refractivity (Wildman–Crippen MR) is 169 cm³/mol. The van der Waals surface area contributed by atoms with Crippen LogP contribution in [0.25, 0.3) is 0 Å². The summed E-state index contributed by atoms with van der Waals surface area (Å²) in [5.41, 5.74) is -0.0434.